The maximum atomic E-state index is 13.2. The first-order chi connectivity index (χ1) is 16.5. The quantitative estimate of drug-likeness (QED) is 0.596. The minimum atomic E-state index is -0.608. The molecule has 34 heavy (non-hydrogen) atoms. The third-order valence-electron chi connectivity index (χ3n) is 6.44. The second kappa shape index (κ2) is 9.20. The number of benzene rings is 1. The van der Waals surface area contributed by atoms with Crippen LogP contribution in [0.3, 0.4) is 0 Å². The van der Waals surface area contributed by atoms with Gasteiger partial charge in [-0.1, -0.05) is 13.0 Å². The average Bonchev–Trinajstić information content (AvgIpc) is 3.12. The fourth-order valence-corrected chi connectivity index (χ4v) is 4.40. The first-order valence-corrected chi connectivity index (χ1v) is 11.5. The van der Waals surface area contributed by atoms with E-state index in [1.807, 2.05) is 34.1 Å². The Morgan fingerprint density at radius 1 is 1.15 bits per heavy atom. The van der Waals surface area contributed by atoms with E-state index in [0.29, 0.717) is 36.8 Å². The zero-order valence-electron chi connectivity index (χ0n) is 19.3. The van der Waals surface area contributed by atoms with Crippen molar-refractivity contribution in [2.45, 2.75) is 26.3 Å². The molecule has 3 amide bonds. The van der Waals surface area contributed by atoms with Crippen molar-refractivity contribution in [2.75, 3.05) is 38.7 Å². The number of pyridine rings is 1. The molecule has 2 N–H and O–H groups in total. The van der Waals surface area contributed by atoms with E-state index in [9.17, 15) is 9.59 Å². The van der Waals surface area contributed by atoms with Crippen LogP contribution in [-0.4, -0.2) is 70.2 Å². The van der Waals surface area contributed by atoms with Gasteiger partial charge >= 0.3 is 12.1 Å². The van der Waals surface area contributed by atoms with Crippen molar-refractivity contribution < 1.29 is 19.1 Å². The van der Waals surface area contributed by atoms with E-state index >= 15 is 0 Å². The van der Waals surface area contributed by atoms with Crippen molar-refractivity contribution in [3.8, 4) is 16.9 Å². The van der Waals surface area contributed by atoms with Gasteiger partial charge in [0.1, 0.15) is 12.4 Å². The summed E-state index contributed by atoms with van der Waals surface area (Å²) in [6.45, 7) is 5.40. The molecule has 1 fully saturated rings. The second-order valence-electron chi connectivity index (χ2n) is 8.84. The van der Waals surface area contributed by atoms with Crippen LogP contribution in [0.25, 0.3) is 22.3 Å². The topological polar surface area (TPSA) is 113 Å². The van der Waals surface area contributed by atoms with Crippen LogP contribution in [-0.2, 0) is 11.3 Å². The molecule has 1 aromatic carbocycles. The Balaban J connectivity index is 1.37. The highest BCUT2D eigenvalue weighted by Gasteiger charge is 2.27. The lowest BCUT2D eigenvalue weighted by atomic mass is 9.99. The van der Waals surface area contributed by atoms with Crippen LogP contribution < -0.4 is 10.1 Å². The van der Waals surface area contributed by atoms with Gasteiger partial charge in [0.25, 0.3) is 0 Å². The van der Waals surface area contributed by atoms with Gasteiger partial charge in [-0.25, -0.2) is 14.6 Å². The first kappa shape index (κ1) is 22.0. The fourth-order valence-electron chi connectivity index (χ4n) is 4.40. The SMILES string of the molecule is COC(=O)Nc1nc2ncc(-c3ccc4c(c3)CN(C(=O)N3CCC(C)CC3)CCO4)cc2[nH]1. The molecular formula is C24H28N6O4. The molecule has 178 valence electrons. The third kappa shape index (κ3) is 4.48. The molecule has 0 bridgehead atoms. The summed E-state index contributed by atoms with van der Waals surface area (Å²) in [5.74, 6) is 1.74. The van der Waals surface area contributed by atoms with Crippen molar-refractivity contribution in [2.24, 2.45) is 5.92 Å². The molecule has 10 nitrogen and oxygen atoms in total. The van der Waals surface area contributed by atoms with Gasteiger partial charge in [-0.2, -0.15) is 4.98 Å². The maximum absolute atomic E-state index is 13.2. The molecule has 0 atom stereocenters. The lowest BCUT2D eigenvalue weighted by Crippen LogP contribution is -2.46. The van der Waals surface area contributed by atoms with Crippen LogP contribution in [0.1, 0.15) is 25.3 Å². The maximum Gasteiger partial charge on any atom is 0.413 e. The lowest BCUT2D eigenvalue weighted by Gasteiger charge is -2.34. The zero-order valence-corrected chi connectivity index (χ0v) is 19.3. The van der Waals surface area contributed by atoms with Gasteiger partial charge in [0, 0.05) is 30.4 Å². The number of rotatable bonds is 2. The van der Waals surface area contributed by atoms with Gasteiger partial charge in [0.05, 0.1) is 25.7 Å². The van der Waals surface area contributed by atoms with E-state index in [2.05, 4.69) is 31.9 Å². The number of nitrogens with zero attached hydrogens (tertiary/aromatic N) is 4. The number of aromatic nitrogens is 3. The first-order valence-electron chi connectivity index (χ1n) is 11.5. The highest BCUT2D eigenvalue weighted by atomic mass is 16.5. The minimum absolute atomic E-state index is 0.0833. The number of fused-ring (bicyclic) bond motifs is 2. The molecule has 10 heteroatoms. The summed E-state index contributed by atoms with van der Waals surface area (Å²) in [4.78, 5) is 40.2. The standard InChI is InChI=1S/C24H28N6O4/c1-15-5-7-29(8-6-15)24(32)30-9-10-34-20-4-3-16(11-18(20)14-30)17-12-19-21(25-13-17)27-22(26-19)28-23(31)33-2/h3-4,11-13,15H,5-10,14H2,1-2H3,(H2,25,26,27,28,31). The fraction of sp³-hybridized carbons (Fsp3) is 0.417. The Bertz CT molecular complexity index is 1220. The van der Waals surface area contributed by atoms with Crippen molar-refractivity contribution in [3.05, 3.63) is 36.0 Å². The predicted molar refractivity (Wildman–Crippen MR) is 127 cm³/mol. The number of H-pyrrole nitrogens is 1. The largest absolute Gasteiger partial charge is 0.491 e. The number of urea groups is 1. The predicted octanol–water partition coefficient (Wildman–Crippen LogP) is 3.85. The van der Waals surface area contributed by atoms with Gasteiger partial charge in [-0.3, -0.25) is 5.32 Å². The molecule has 0 aliphatic carbocycles. The van der Waals surface area contributed by atoms with E-state index in [4.69, 9.17) is 4.74 Å². The average molecular weight is 465 g/mol. The molecule has 0 radical (unpaired) electrons. The number of hydrogen-bond acceptors (Lipinski definition) is 6. The Kier molecular flexibility index (Phi) is 5.95. The minimum Gasteiger partial charge on any atom is -0.491 e. The molecule has 4 heterocycles. The normalized spacial score (nSPS) is 16.5. The number of imidazole rings is 1. The number of methoxy groups -OCH3 is 1. The van der Waals surface area contributed by atoms with Crippen molar-refractivity contribution in [1.82, 2.24) is 24.8 Å². The molecule has 0 unspecified atom stereocenters. The van der Waals surface area contributed by atoms with E-state index in [1.165, 1.54) is 7.11 Å². The van der Waals surface area contributed by atoms with Gasteiger partial charge in [-0.05, 0) is 42.5 Å². The van der Waals surface area contributed by atoms with Crippen molar-refractivity contribution in [3.63, 3.8) is 0 Å². The number of aromatic amines is 1. The van der Waals surface area contributed by atoms with Crippen LogP contribution in [0.5, 0.6) is 5.75 Å². The smallest absolute Gasteiger partial charge is 0.413 e. The number of likely N-dealkylation sites (tertiary alicyclic amines) is 1. The molecule has 2 aliphatic heterocycles. The Labute approximate surface area is 197 Å². The van der Waals surface area contributed by atoms with Crippen LogP contribution in [0.2, 0.25) is 0 Å². The third-order valence-corrected chi connectivity index (χ3v) is 6.44. The molecular weight excluding hydrogens is 436 g/mol. The number of hydrogen-bond donors (Lipinski definition) is 2. The summed E-state index contributed by atoms with van der Waals surface area (Å²) in [7, 11) is 1.29. The number of carbonyl (C=O) groups is 2. The molecule has 0 spiro atoms. The highest BCUT2D eigenvalue weighted by Crippen LogP contribution is 2.31. The number of anilines is 1. The summed E-state index contributed by atoms with van der Waals surface area (Å²) in [6, 6.07) is 7.98. The lowest BCUT2D eigenvalue weighted by molar-refractivity contribution is 0.129. The summed E-state index contributed by atoms with van der Waals surface area (Å²) in [5.41, 5.74) is 3.98. The van der Waals surface area contributed by atoms with E-state index in [1.54, 1.807) is 6.20 Å². The molecule has 5 rings (SSSR count). The summed E-state index contributed by atoms with van der Waals surface area (Å²) in [6.07, 6.45) is 3.23. The molecule has 3 aromatic rings. The molecule has 2 aromatic heterocycles. The van der Waals surface area contributed by atoms with Crippen LogP contribution >= 0.6 is 0 Å². The van der Waals surface area contributed by atoms with Crippen LogP contribution in [0.15, 0.2) is 30.5 Å². The van der Waals surface area contributed by atoms with Gasteiger partial charge < -0.3 is 24.3 Å². The monoisotopic (exact) mass is 464 g/mol. The second-order valence-corrected chi connectivity index (χ2v) is 8.84. The van der Waals surface area contributed by atoms with Crippen molar-refractivity contribution in [1.29, 1.82) is 0 Å². The zero-order chi connectivity index (χ0) is 23.7. The number of piperidine rings is 1. The highest BCUT2D eigenvalue weighted by molar-refractivity contribution is 5.86. The summed E-state index contributed by atoms with van der Waals surface area (Å²) >= 11 is 0. The van der Waals surface area contributed by atoms with Gasteiger partial charge in [0.2, 0.25) is 5.95 Å². The number of amides is 3. The summed E-state index contributed by atoms with van der Waals surface area (Å²) in [5, 5.41) is 2.51. The van der Waals surface area contributed by atoms with Crippen LogP contribution in [0, 0.1) is 5.92 Å². The number of ether oxygens (including phenoxy) is 2. The Morgan fingerprint density at radius 2 is 1.97 bits per heavy atom. The van der Waals surface area contributed by atoms with Gasteiger partial charge in [0.15, 0.2) is 5.65 Å². The Hall–Kier alpha value is -3.82. The molecule has 2 aliphatic rings. The number of carbonyl (C=O) groups excluding carboxylic acids is 2. The summed E-state index contributed by atoms with van der Waals surface area (Å²) < 4.78 is 10.6. The van der Waals surface area contributed by atoms with E-state index < -0.39 is 6.09 Å². The number of nitrogens with one attached hydrogen (secondary N) is 2. The van der Waals surface area contributed by atoms with Crippen molar-refractivity contribution >= 4 is 29.2 Å². The Morgan fingerprint density at radius 3 is 2.76 bits per heavy atom. The van der Waals surface area contributed by atoms with Gasteiger partial charge in [-0.15, -0.1) is 0 Å². The molecule has 0 saturated carbocycles. The molecule has 1 saturated heterocycles. The van der Waals surface area contributed by atoms with Crippen LogP contribution in [0.4, 0.5) is 15.5 Å². The van der Waals surface area contributed by atoms with E-state index in [-0.39, 0.29) is 12.0 Å². The van der Waals surface area contributed by atoms with E-state index in [0.717, 1.165) is 48.4 Å².